The Morgan fingerprint density at radius 2 is 1.91 bits per heavy atom. The minimum Gasteiger partial charge on any atom is -0.387 e. The molecule has 2 N–H and O–H groups in total. The molecule has 1 aromatic heterocycles. The third-order valence-corrected chi connectivity index (χ3v) is 7.21. The third kappa shape index (κ3) is 5.69. The maximum absolute atomic E-state index is 13.3. The van der Waals surface area contributed by atoms with Crippen LogP contribution >= 0.6 is 15.9 Å². The topological polar surface area (TPSA) is 53.1 Å². The summed E-state index contributed by atoms with van der Waals surface area (Å²) < 4.78 is 41.0. The lowest BCUT2D eigenvalue weighted by atomic mass is 10.0. The van der Waals surface area contributed by atoms with Crippen molar-refractivity contribution in [1.29, 1.82) is 0 Å². The van der Waals surface area contributed by atoms with Crippen molar-refractivity contribution in [2.24, 2.45) is 0 Å². The van der Waals surface area contributed by atoms with Gasteiger partial charge in [0.15, 0.2) is 0 Å². The Morgan fingerprint density at radius 1 is 1.15 bits per heavy atom. The number of benzene rings is 1. The Kier molecular flexibility index (Phi) is 7.28. The van der Waals surface area contributed by atoms with E-state index < -0.39 is 11.7 Å². The van der Waals surface area contributed by atoms with Gasteiger partial charge in [-0.1, -0.05) is 28.1 Å². The van der Waals surface area contributed by atoms with E-state index in [0.717, 1.165) is 66.4 Å². The van der Waals surface area contributed by atoms with Gasteiger partial charge in [-0.25, -0.2) is 9.97 Å². The lowest BCUT2D eigenvalue weighted by molar-refractivity contribution is -0.138. The molecule has 33 heavy (non-hydrogen) atoms. The number of aromatic nitrogens is 2. The summed E-state index contributed by atoms with van der Waals surface area (Å²) in [5, 5.41) is 8.50. The van der Waals surface area contributed by atoms with Gasteiger partial charge in [0.25, 0.3) is 0 Å². The minimum atomic E-state index is -4.37. The van der Waals surface area contributed by atoms with Gasteiger partial charge in [-0.05, 0) is 63.3 Å². The van der Waals surface area contributed by atoms with Crippen molar-refractivity contribution in [2.45, 2.75) is 58.3 Å². The number of aryl methyl sites for hydroxylation is 1. The monoisotopic (exact) mass is 523 g/mol. The van der Waals surface area contributed by atoms with E-state index in [4.69, 9.17) is 4.98 Å². The van der Waals surface area contributed by atoms with E-state index in [-0.39, 0.29) is 12.1 Å². The highest BCUT2D eigenvalue weighted by molar-refractivity contribution is 9.14. The summed E-state index contributed by atoms with van der Waals surface area (Å²) in [5.74, 6) is 1.23. The van der Waals surface area contributed by atoms with E-state index in [0.29, 0.717) is 23.2 Å². The molecule has 4 heterocycles. The molecule has 2 aromatic rings. The van der Waals surface area contributed by atoms with E-state index in [1.54, 1.807) is 6.07 Å². The Bertz CT molecular complexity index is 1120. The molecular weight excluding hydrogens is 495 g/mol. The lowest BCUT2D eigenvalue weighted by Gasteiger charge is -2.32. The predicted octanol–water partition coefficient (Wildman–Crippen LogP) is 3.81. The van der Waals surface area contributed by atoms with E-state index >= 15 is 0 Å². The zero-order chi connectivity index (χ0) is 23.6. The van der Waals surface area contributed by atoms with Crippen LogP contribution < -0.4 is 21.2 Å². The van der Waals surface area contributed by atoms with Crippen LogP contribution in [0.1, 0.15) is 48.2 Å². The summed E-state index contributed by atoms with van der Waals surface area (Å²) in [6.07, 6.45) is 1.66. The molecule has 3 aliphatic rings. The van der Waals surface area contributed by atoms with Crippen molar-refractivity contribution in [1.82, 2.24) is 20.2 Å². The number of rotatable bonds is 3. The molecule has 1 fully saturated rings. The largest absolute Gasteiger partial charge is 0.416 e. The van der Waals surface area contributed by atoms with Crippen LogP contribution in [0.2, 0.25) is 0 Å². The maximum atomic E-state index is 13.3. The number of halogens is 4. The normalized spacial score (nSPS) is 24.0. The zero-order valence-electron chi connectivity index (χ0n) is 18.9. The SMILES string of the molecule is Cc1nc(NCc2cccc(C(F)(F)F)c2C)c2/c(n1)=C(/Br)CCCN1CCC(CC1)N/C=2. The van der Waals surface area contributed by atoms with Crippen molar-refractivity contribution in [3.63, 3.8) is 0 Å². The van der Waals surface area contributed by atoms with Crippen LogP contribution in [-0.4, -0.2) is 40.5 Å². The van der Waals surface area contributed by atoms with Crippen LogP contribution in [0.3, 0.4) is 0 Å². The third-order valence-electron chi connectivity index (χ3n) is 6.43. The number of piperidine rings is 1. The number of nitrogens with zero attached hydrogens (tertiary/aromatic N) is 3. The molecule has 0 atom stereocenters. The van der Waals surface area contributed by atoms with E-state index in [1.807, 2.05) is 13.1 Å². The van der Waals surface area contributed by atoms with Gasteiger partial charge in [-0.2, -0.15) is 13.2 Å². The van der Waals surface area contributed by atoms with Crippen molar-refractivity contribution >= 4 is 32.4 Å². The number of anilines is 1. The fourth-order valence-electron chi connectivity index (χ4n) is 4.52. The first kappa shape index (κ1) is 24.0. The van der Waals surface area contributed by atoms with Gasteiger partial charge in [0, 0.05) is 36.4 Å². The molecule has 5 rings (SSSR count). The fourth-order valence-corrected chi connectivity index (χ4v) is 5.10. The molecule has 5 nitrogen and oxygen atoms in total. The van der Waals surface area contributed by atoms with Crippen molar-refractivity contribution < 1.29 is 13.2 Å². The molecular formula is C24H29BrF3N5. The number of alkyl halides is 3. The first-order chi connectivity index (χ1) is 15.7. The zero-order valence-corrected chi connectivity index (χ0v) is 20.5. The summed E-state index contributed by atoms with van der Waals surface area (Å²) in [6.45, 7) is 6.81. The molecule has 0 aliphatic carbocycles. The molecule has 1 saturated heterocycles. The maximum Gasteiger partial charge on any atom is 0.416 e. The Balaban J connectivity index is 1.72. The van der Waals surface area contributed by atoms with Gasteiger partial charge in [0.1, 0.15) is 11.6 Å². The fraction of sp³-hybridized carbons (Fsp3) is 0.500. The summed E-state index contributed by atoms with van der Waals surface area (Å²) in [5.41, 5.74) is 0.215. The van der Waals surface area contributed by atoms with E-state index in [2.05, 4.69) is 36.4 Å². The van der Waals surface area contributed by atoms with Gasteiger partial charge in [0.2, 0.25) is 0 Å². The van der Waals surface area contributed by atoms with Crippen LogP contribution in [-0.2, 0) is 12.7 Å². The average molecular weight is 524 g/mol. The quantitative estimate of drug-likeness (QED) is 0.640. The molecule has 0 amide bonds. The molecule has 3 aliphatic heterocycles. The first-order valence-electron chi connectivity index (χ1n) is 11.3. The first-order valence-corrected chi connectivity index (χ1v) is 12.1. The molecule has 0 unspecified atom stereocenters. The molecule has 2 bridgehead atoms. The Morgan fingerprint density at radius 3 is 2.64 bits per heavy atom. The minimum absolute atomic E-state index is 0.230. The second-order valence-electron chi connectivity index (χ2n) is 8.76. The summed E-state index contributed by atoms with van der Waals surface area (Å²) in [4.78, 5) is 11.8. The molecule has 9 heteroatoms. The molecule has 178 valence electrons. The van der Waals surface area contributed by atoms with Gasteiger partial charge in [0.05, 0.1) is 16.1 Å². The highest BCUT2D eigenvalue weighted by Gasteiger charge is 2.32. The smallest absolute Gasteiger partial charge is 0.387 e. The predicted molar refractivity (Wildman–Crippen MR) is 128 cm³/mol. The van der Waals surface area contributed by atoms with Crippen LogP contribution in [0, 0.1) is 13.8 Å². The van der Waals surface area contributed by atoms with Gasteiger partial charge in [-0.3, -0.25) is 0 Å². The average Bonchev–Trinajstić information content (AvgIpc) is 2.76. The van der Waals surface area contributed by atoms with Crippen molar-refractivity contribution in [2.75, 3.05) is 25.0 Å². The van der Waals surface area contributed by atoms with E-state index in [1.165, 1.54) is 13.0 Å². The van der Waals surface area contributed by atoms with Crippen LogP contribution in [0.25, 0.3) is 10.7 Å². The van der Waals surface area contributed by atoms with Crippen LogP contribution in [0.4, 0.5) is 19.0 Å². The number of hydrogen-bond donors (Lipinski definition) is 2. The second-order valence-corrected chi connectivity index (χ2v) is 9.72. The van der Waals surface area contributed by atoms with E-state index in [9.17, 15) is 13.2 Å². The van der Waals surface area contributed by atoms with Gasteiger partial charge in [-0.15, -0.1) is 0 Å². The lowest BCUT2D eigenvalue weighted by Crippen LogP contribution is -2.44. The second kappa shape index (κ2) is 10.0. The summed E-state index contributed by atoms with van der Waals surface area (Å²) in [6, 6.07) is 4.67. The molecule has 0 radical (unpaired) electrons. The number of fused-ring (bicyclic) bond motifs is 6. The molecule has 1 aromatic carbocycles. The summed E-state index contributed by atoms with van der Waals surface area (Å²) >= 11 is 3.74. The number of nitrogens with one attached hydrogen (secondary N) is 2. The molecule has 0 saturated carbocycles. The Labute approximate surface area is 200 Å². The van der Waals surface area contributed by atoms with Gasteiger partial charge >= 0.3 is 6.18 Å². The van der Waals surface area contributed by atoms with Gasteiger partial charge < -0.3 is 15.5 Å². The number of hydrogen-bond acceptors (Lipinski definition) is 5. The van der Waals surface area contributed by atoms with Crippen LogP contribution in [0.5, 0.6) is 0 Å². The standard InChI is InChI=1S/C24H29BrF3N5/c1-15-17(5-3-6-20(15)24(26,27)28)13-30-23-19-14-29-18-8-11-33(12-9-18)10-4-7-21(25)22(19)31-16(2)32-23/h3,5-6,14,18,29H,4,7-13H2,1-2H3,(H,30,31,32)/b19-14-,22-21-. The highest BCUT2D eigenvalue weighted by Crippen LogP contribution is 2.33. The summed E-state index contributed by atoms with van der Waals surface area (Å²) in [7, 11) is 0. The van der Waals surface area contributed by atoms with Crippen molar-refractivity contribution in [3.8, 4) is 0 Å². The Hall–Kier alpha value is -2.13. The van der Waals surface area contributed by atoms with Crippen molar-refractivity contribution in [3.05, 3.63) is 51.3 Å². The molecule has 0 spiro atoms. The van der Waals surface area contributed by atoms with Crippen LogP contribution in [0.15, 0.2) is 18.2 Å². The highest BCUT2D eigenvalue weighted by atomic mass is 79.9.